The Labute approximate surface area is 182 Å². The van der Waals surface area contributed by atoms with Gasteiger partial charge in [0.2, 0.25) is 11.8 Å². The number of imidazole rings is 1. The highest BCUT2D eigenvalue weighted by molar-refractivity contribution is 5.77. The summed E-state index contributed by atoms with van der Waals surface area (Å²) in [6, 6.07) is 1.04. The number of nitrogens with one attached hydrogen (secondary N) is 1. The first kappa shape index (κ1) is 22.9. The number of fused-ring (bicyclic) bond motifs is 1. The smallest absolute Gasteiger partial charge is 0.261 e. The maximum Gasteiger partial charge on any atom is 0.261 e. The molecule has 0 aliphatic heterocycles. The van der Waals surface area contributed by atoms with Crippen LogP contribution in [0.2, 0.25) is 0 Å². The van der Waals surface area contributed by atoms with Crippen molar-refractivity contribution in [3.05, 3.63) is 29.7 Å². The van der Waals surface area contributed by atoms with Crippen molar-refractivity contribution in [3.63, 3.8) is 0 Å². The van der Waals surface area contributed by atoms with Crippen LogP contribution >= 0.6 is 0 Å². The lowest BCUT2D eigenvalue weighted by Gasteiger charge is -2.31. The first-order chi connectivity index (χ1) is 15.2. The molecule has 0 spiro atoms. The van der Waals surface area contributed by atoms with Crippen LogP contribution in [0.1, 0.15) is 61.9 Å². The molecule has 11 heteroatoms. The minimum Gasteiger partial charge on any atom is -0.366 e. The van der Waals surface area contributed by atoms with Gasteiger partial charge in [-0.05, 0) is 49.1 Å². The molecule has 1 unspecified atom stereocenters. The van der Waals surface area contributed by atoms with Crippen LogP contribution in [0.3, 0.4) is 0 Å². The van der Waals surface area contributed by atoms with E-state index in [4.69, 9.17) is 10.5 Å². The number of nitrogens with zero attached hydrogens (tertiary/aromatic N) is 3. The van der Waals surface area contributed by atoms with Crippen molar-refractivity contribution in [3.8, 4) is 0 Å². The lowest BCUT2D eigenvalue weighted by Crippen LogP contribution is -2.33. The summed E-state index contributed by atoms with van der Waals surface area (Å²) in [6.45, 7) is -1.23. The Hall–Kier alpha value is -2.27. The molecule has 2 fully saturated rings. The minimum atomic E-state index is -2.63. The van der Waals surface area contributed by atoms with E-state index in [0.717, 1.165) is 18.4 Å². The lowest BCUT2D eigenvalue weighted by molar-refractivity contribution is -0.128. The number of carbonyl (C=O) groups is 1. The van der Waals surface area contributed by atoms with Gasteiger partial charge in [-0.2, -0.15) is 5.10 Å². The number of carbonyl (C=O) groups excluding carboxylic acids is 1. The van der Waals surface area contributed by atoms with Crippen molar-refractivity contribution in [2.75, 3.05) is 13.2 Å². The number of amides is 1. The van der Waals surface area contributed by atoms with E-state index in [1.807, 2.05) is 6.07 Å². The Morgan fingerprint density at radius 3 is 2.62 bits per heavy atom. The Bertz CT molecular complexity index is 939. The number of alkyl halides is 4. The number of nitrogens with two attached hydrogens (primary N) is 1. The molecular formula is C21H27F4N5O2. The molecule has 32 heavy (non-hydrogen) atoms. The molecule has 2 aliphatic carbocycles. The van der Waals surface area contributed by atoms with E-state index >= 15 is 0 Å². The van der Waals surface area contributed by atoms with Crippen LogP contribution in [-0.2, 0) is 9.53 Å². The van der Waals surface area contributed by atoms with E-state index in [-0.39, 0.29) is 30.7 Å². The van der Waals surface area contributed by atoms with Gasteiger partial charge in [-0.15, -0.1) is 0 Å². The van der Waals surface area contributed by atoms with E-state index in [1.54, 1.807) is 16.9 Å². The predicted molar refractivity (Wildman–Crippen MR) is 107 cm³/mol. The van der Waals surface area contributed by atoms with Gasteiger partial charge < -0.3 is 15.8 Å². The SMILES string of the molecule is N[C@H](c1cn2ncc(C(NC(=O)COCC(F)F)C3CC3)cc2n1)C1CCC(F)(F)CC1. The molecule has 2 aromatic heterocycles. The lowest BCUT2D eigenvalue weighted by atomic mass is 9.81. The van der Waals surface area contributed by atoms with E-state index in [9.17, 15) is 22.4 Å². The quantitative estimate of drug-likeness (QED) is 0.563. The summed E-state index contributed by atoms with van der Waals surface area (Å²) in [5, 5.41) is 7.21. The third kappa shape index (κ3) is 5.55. The molecule has 3 N–H and O–H groups in total. The first-order valence-corrected chi connectivity index (χ1v) is 10.9. The summed E-state index contributed by atoms with van der Waals surface area (Å²) in [5.41, 5.74) is 8.23. The summed E-state index contributed by atoms with van der Waals surface area (Å²) < 4.78 is 57.6. The van der Waals surface area contributed by atoms with Crippen LogP contribution in [0, 0.1) is 11.8 Å². The normalized spacial score (nSPS) is 21.1. The van der Waals surface area contributed by atoms with Gasteiger partial charge >= 0.3 is 0 Å². The number of hydrogen-bond acceptors (Lipinski definition) is 5. The van der Waals surface area contributed by atoms with Crippen molar-refractivity contribution < 1.29 is 27.1 Å². The second-order valence-corrected chi connectivity index (χ2v) is 8.77. The molecule has 0 saturated heterocycles. The number of hydrogen-bond donors (Lipinski definition) is 2. The van der Waals surface area contributed by atoms with Crippen molar-refractivity contribution in [2.45, 2.75) is 63.0 Å². The van der Waals surface area contributed by atoms with Crippen LogP contribution in [0.15, 0.2) is 18.5 Å². The number of rotatable bonds is 9. The fourth-order valence-electron chi connectivity index (χ4n) is 4.26. The average molecular weight is 457 g/mol. The maximum atomic E-state index is 13.5. The molecule has 2 saturated carbocycles. The van der Waals surface area contributed by atoms with Crippen molar-refractivity contribution in [2.24, 2.45) is 17.6 Å². The molecule has 176 valence electrons. The molecule has 2 aromatic rings. The summed E-state index contributed by atoms with van der Waals surface area (Å²) in [4.78, 5) is 16.7. The first-order valence-electron chi connectivity index (χ1n) is 10.9. The molecule has 0 radical (unpaired) electrons. The van der Waals surface area contributed by atoms with Crippen molar-refractivity contribution >= 4 is 11.6 Å². The van der Waals surface area contributed by atoms with Gasteiger partial charge in [0.1, 0.15) is 13.2 Å². The van der Waals surface area contributed by atoms with E-state index in [0.29, 0.717) is 24.2 Å². The average Bonchev–Trinajstić information content (AvgIpc) is 3.49. The van der Waals surface area contributed by atoms with Crippen molar-refractivity contribution in [1.29, 1.82) is 0 Å². The zero-order valence-corrected chi connectivity index (χ0v) is 17.5. The standard InChI is InChI=1S/C21H27F4N5O2/c22-16(23)10-32-11-18(31)29-20(13-1-2-13)14-7-17-28-15(9-30(17)27-8-14)19(26)12-3-5-21(24,25)6-4-12/h7-9,12-13,16,19-20H,1-6,10-11,26H2,(H,29,31)/t19-,20?/m0/s1. The van der Waals surface area contributed by atoms with Crippen LogP contribution < -0.4 is 11.1 Å². The van der Waals surface area contributed by atoms with E-state index in [2.05, 4.69) is 15.4 Å². The van der Waals surface area contributed by atoms with Gasteiger partial charge in [0.25, 0.3) is 6.43 Å². The molecular weight excluding hydrogens is 430 g/mol. The molecule has 2 aliphatic rings. The Morgan fingerprint density at radius 1 is 1.25 bits per heavy atom. The van der Waals surface area contributed by atoms with Gasteiger partial charge in [0.05, 0.1) is 30.2 Å². The second-order valence-electron chi connectivity index (χ2n) is 8.77. The van der Waals surface area contributed by atoms with Crippen LogP contribution in [0.4, 0.5) is 17.6 Å². The predicted octanol–water partition coefficient (Wildman–Crippen LogP) is 3.40. The monoisotopic (exact) mass is 457 g/mol. The summed E-state index contributed by atoms with van der Waals surface area (Å²) in [6.07, 6.45) is 2.97. The van der Waals surface area contributed by atoms with Crippen LogP contribution in [0.5, 0.6) is 0 Å². The highest BCUT2D eigenvalue weighted by Gasteiger charge is 2.38. The van der Waals surface area contributed by atoms with Gasteiger partial charge in [-0.1, -0.05) is 0 Å². The molecule has 1 amide bonds. The van der Waals surface area contributed by atoms with E-state index in [1.165, 1.54) is 0 Å². The molecule has 2 atom stereocenters. The minimum absolute atomic E-state index is 0.0641. The fraction of sp³-hybridized carbons (Fsp3) is 0.667. The molecule has 4 rings (SSSR count). The van der Waals surface area contributed by atoms with Gasteiger partial charge in [0.15, 0.2) is 5.65 Å². The zero-order chi connectivity index (χ0) is 22.9. The largest absolute Gasteiger partial charge is 0.366 e. The fourth-order valence-corrected chi connectivity index (χ4v) is 4.26. The van der Waals surface area contributed by atoms with Gasteiger partial charge in [0, 0.05) is 12.8 Å². The Kier molecular flexibility index (Phi) is 6.66. The number of aromatic nitrogens is 3. The van der Waals surface area contributed by atoms with Crippen LogP contribution in [-0.4, -0.2) is 46.1 Å². The molecule has 7 nitrogen and oxygen atoms in total. The topological polar surface area (TPSA) is 94.5 Å². The molecule has 0 aromatic carbocycles. The maximum absolute atomic E-state index is 13.5. The van der Waals surface area contributed by atoms with Crippen molar-refractivity contribution in [1.82, 2.24) is 19.9 Å². The highest BCUT2D eigenvalue weighted by atomic mass is 19.3. The third-order valence-corrected chi connectivity index (χ3v) is 6.22. The third-order valence-electron chi connectivity index (χ3n) is 6.22. The van der Waals surface area contributed by atoms with Gasteiger partial charge in [-0.25, -0.2) is 27.1 Å². The summed E-state index contributed by atoms with van der Waals surface area (Å²) in [5.74, 6) is -2.91. The van der Waals surface area contributed by atoms with Crippen LogP contribution in [0.25, 0.3) is 5.65 Å². The number of halogens is 4. The van der Waals surface area contributed by atoms with E-state index < -0.39 is 37.5 Å². The van der Waals surface area contributed by atoms with Gasteiger partial charge in [-0.3, -0.25) is 4.79 Å². The Balaban J connectivity index is 1.45. The highest BCUT2D eigenvalue weighted by Crippen LogP contribution is 2.42. The zero-order valence-electron chi connectivity index (χ0n) is 17.5. The summed E-state index contributed by atoms with van der Waals surface area (Å²) >= 11 is 0. The summed E-state index contributed by atoms with van der Waals surface area (Å²) in [7, 11) is 0. The molecule has 2 heterocycles. The second kappa shape index (κ2) is 9.30. The Morgan fingerprint density at radius 2 is 1.97 bits per heavy atom. The molecule has 0 bridgehead atoms. The number of ether oxygens (including phenoxy) is 1.